The molecule has 2 rings (SSSR count). The molecule has 15 heavy (non-hydrogen) atoms. The van der Waals surface area contributed by atoms with Crippen LogP contribution < -0.4 is 0 Å². The Kier molecular flexibility index (Phi) is 2.48. The highest BCUT2D eigenvalue weighted by molar-refractivity contribution is 7.88. The Morgan fingerprint density at radius 2 is 2.20 bits per heavy atom. The number of fused-ring (bicyclic) bond motifs is 1. The Morgan fingerprint density at radius 3 is 2.67 bits per heavy atom. The van der Waals surface area contributed by atoms with E-state index in [4.69, 9.17) is 5.11 Å². The lowest BCUT2D eigenvalue weighted by Crippen LogP contribution is -2.69. The number of carbonyl (C=O) groups is 1. The standard InChI is InChI=1S/C8H14N2O4S/c1-15(13,14)9-3-6-2-7(5-11)10(6)8(12)4-9/h6-7,11H,2-5H2,1H3/t6-,7+/m1/s1. The van der Waals surface area contributed by atoms with Gasteiger partial charge in [0, 0.05) is 12.6 Å². The summed E-state index contributed by atoms with van der Waals surface area (Å²) in [4.78, 5) is 13.2. The van der Waals surface area contributed by atoms with Crippen molar-refractivity contribution in [2.75, 3.05) is 26.0 Å². The number of hydrogen-bond donors (Lipinski definition) is 1. The molecule has 0 radical (unpaired) electrons. The fraction of sp³-hybridized carbons (Fsp3) is 0.875. The number of rotatable bonds is 2. The lowest BCUT2D eigenvalue weighted by Gasteiger charge is -2.52. The predicted octanol–water partition coefficient (Wildman–Crippen LogP) is -1.78. The van der Waals surface area contributed by atoms with Gasteiger partial charge in [-0.2, -0.15) is 4.31 Å². The Balaban J connectivity index is 2.10. The quantitative estimate of drug-likeness (QED) is 0.613. The monoisotopic (exact) mass is 234 g/mol. The number of nitrogens with zero attached hydrogens (tertiary/aromatic N) is 2. The van der Waals surface area contributed by atoms with Gasteiger partial charge in [-0.05, 0) is 6.42 Å². The van der Waals surface area contributed by atoms with Crippen molar-refractivity contribution < 1.29 is 18.3 Å². The number of aliphatic hydroxyl groups is 1. The first kappa shape index (κ1) is 10.8. The average Bonchev–Trinajstić information content (AvgIpc) is 2.05. The summed E-state index contributed by atoms with van der Waals surface area (Å²) in [5.41, 5.74) is 0. The van der Waals surface area contributed by atoms with Gasteiger partial charge in [-0.1, -0.05) is 0 Å². The van der Waals surface area contributed by atoms with Gasteiger partial charge in [0.25, 0.3) is 0 Å². The van der Waals surface area contributed by atoms with Crippen LogP contribution in [0.1, 0.15) is 6.42 Å². The van der Waals surface area contributed by atoms with Gasteiger partial charge < -0.3 is 10.0 Å². The first-order chi connectivity index (χ1) is 6.93. The maximum absolute atomic E-state index is 11.6. The maximum Gasteiger partial charge on any atom is 0.238 e. The van der Waals surface area contributed by atoms with E-state index in [0.29, 0.717) is 13.0 Å². The number of aliphatic hydroxyl groups excluding tert-OH is 1. The zero-order chi connectivity index (χ0) is 11.2. The van der Waals surface area contributed by atoms with Crippen LogP contribution in [0, 0.1) is 0 Å². The molecule has 0 unspecified atom stereocenters. The summed E-state index contributed by atoms with van der Waals surface area (Å²) in [5.74, 6) is -0.207. The van der Waals surface area contributed by atoms with Crippen molar-refractivity contribution in [1.29, 1.82) is 0 Å². The van der Waals surface area contributed by atoms with Crippen LogP contribution in [0.5, 0.6) is 0 Å². The average molecular weight is 234 g/mol. The summed E-state index contributed by atoms with van der Waals surface area (Å²) >= 11 is 0. The van der Waals surface area contributed by atoms with Crippen molar-refractivity contribution in [3.63, 3.8) is 0 Å². The van der Waals surface area contributed by atoms with E-state index in [-0.39, 0.29) is 31.1 Å². The Labute approximate surface area is 88.5 Å². The van der Waals surface area contributed by atoms with Gasteiger partial charge in [0.2, 0.25) is 15.9 Å². The van der Waals surface area contributed by atoms with Crippen LogP contribution in [0.4, 0.5) is 0 Å². The lowest BCUT2D eigenvalue weighted by atomic mass is 9.91. The fourth-order valence-electron chi connectivity index (χ4n) is 2.22. The minimum Gasteiger partial charge on any atom is -0.394 e. The molecule has 0 saturated carbocycles. The van der Waals surface area contributed by atoms with Crippen molar-refractivity contribution in [2.24, 2.45) is 0 Å². The van der Waals surface area contributed by atoms with Crippen LogP contribution in [0.3, 0.4) is 0 Å². The number of sulfonamides is 1. The van der Waals surface area contributed by atoms with Gasteiger partial charge in [-0.25, -0.2) is 8.42 Å². The highest BCUT2D eigenvalue weighted by Crippen LogP contribution is 2.30. The Morgan fingerprint density at radius 1 is 1.53 bits per heavy atom. The minimum atomic E-state index is -3.28. The molecule has 0 aromatic rings. The van der Waals surface area contributed by atoms with Crippen molar-refractivity contribution in [3.05, 3.63) is 0 Å². The van der Waals surface area contributed by atoms with E-state index >= 15 is 0 Å². The third kappa shape index (κ3) is 1.75. The van der Waals surface area contributed by atoms with Crippen LogP contribution in [-0.4, -0.2) is 66.7 Å². The van der Waals surface area contributed by atoms with E-state index in [9.17, 15) is 13.2 Å². The van der Waals surface area contributed by atoms with Crippen LogP contribution in [-0.2, 0) is 14.8 Å². The third-order valence-corrected chi connectivity index (χ3v) is 4.24. The molecule has 7 heteroatoms. The van der Waals surface area contributed by atoms with E-state index < -0.39 is 10.0 Å². The summed E-state index contributed by atoms with van der Waals surface area (Å²) in [6, 6.07) is -0.151. The molecule has 2 fully saturated rings. The highest BCUT2D eigenvalue weighted by atomic mass is 32.2. The predicted molar refractivity (Wildman–Crippen MR) is 52.5 cm³/mol. The van der Waals surface area contributed by atoms with Crippen LogP contribution in [0.25, 0.3) is 0 Å². The number of carbonyl (C=O) groups excluding carboxylic acids is 1. The van der Waals surface area contributed by atoms with E-state index in [0.717, 1.165) is 6.26 Å². The summed E-state index contributed by atoms with van der Waals surface area (Å²) in [6.07, 6.45) is 1.80. The zero-order valence-electron chi connectivity index (χ0n) is 8.46. The number of hydrogen-bond acceptors (Lipinski definition) is 4. The van der Waals surface area contributed by atoms with Gasteiger partial charge in [0.05, 0.1) is 25.4 Å². The molecule has 6 nitrogen and oxygen atoms in total. The van der Waals surface area contributed by atoms with Crippen molar-refractivity contribution in [1.82, 2.24) is 9.21 Å². The lowest BCUT2D eigenvalue weighted by molar-refractivity contribution is -0.153. The van der Waals surface area contributed by atoms with E-state index in [1.807, 2.05) is 0 Å². The van der Waals surface area contributed by atoms with Gasteiger partial charge >= 0.3 is 0 Å². The van der Waals surface area contributed by atoms with Crippen molar-refractivity contribution >= 4 is 15.9 Å². The van der Waals surface area contributed by atoms with Crippen LogP contribution in [0.15, 0.2) is 0 Å². The molecule has 2 aliphatic heterocycles. The number of piperazine rings is 1. The topological polar surface area (TPSA) is 77.9 Å². The second kappa shape index (κ2) is 3.43. The molecule has 0 aliphatic carbocycles. The van der Waals surface area contributed by atoms with E-state index in [2.05, 4.69) is 0 Å². The molecule has 2 atom stereocenters. The smallest absolute Gasteiger partial charge is 0.238 e. The minimum absolute atomic E-state index is 0.0406. The SMILES string of the molecule is CS(=O)(=O)N1CC(=O)N2[C@H](CO)C[C@@H]2C1. The molecular formula is C8H14N2O4S. The van der Waals surface area contributed by atoms with Gasteiger partial charge in [-0.3, -0.25) is 4.79 Å². The molecule has 0 spiro atoms. The van der Waals surface area contributed by atoms with Crippen LogP contribution in [0.2, 0.25) is 0 Å². The molecule has 2 heterocycles. The Hall–Kier alpha value is -0.660. The highest BCUT2D eigenvalue weighted by Gasteiger charge is 2.47. The molecule has 0 aromatic carbocycles. The molecule has 1 amide bonds. The normalized spacial score (nSPS) is 32.4. The third-order valence-electron chi connectivity index (χ3n) is 3.02. The van der Waals surface area contributed by atoms with E-state index in [1.54, 1.807) is 4.90 Å². The molecular weight excluding hydrogens is 220 g/mol. The zero-order valence-corrected chi connectivity index (χ0v) is 9.27. The summed E-state index contributed by atoms with van der Waals surface area (Å²) in [6.45, 7) is 0.230. The molecule has 1 N–H and O–H groups in total. The second-order valence-corrected chi connectivity index (χ2v) is 6.06. The first-order valence-electron chi connectivity index (χ1n) is 4.80. The van der Waals surface area contributed by atoms with Crippen molar-refractivity contribution in [2.45, 2.75) is 18.5 Å². The summed E-state index contributed by atoms with van der Waals surface area (Å²) < 4.78 is 23.7. The Bertz CT molecular complexity index is 380. The first-order valence-corrected chi connectivity index (χ1v) is 6.65. The van der Waals surface area contributed by atoms with Gasteiger partial charge in [-0.15, -0.1) is 0 Å². The summed E-state index contributed by atoms with van der Waals surface area (Å²) in [5, 5.41) is 8.94. The largest absolute Gasteiger partial charge is 0.394 e. The van der Waals surface area contributed by atoms with Gasteiger partial charge in [0.1, 0.15) is 0 Å². The van der Waals surface area contributed by atoms with Crippen molar-refractivity contribution in [3.8, 4) is 0 Å². The number of amides is 1. The maximum atomic E-state index is 11.6. The van der Waals surface area contributed by atoms with E-state index in [1.165, 1.54) is 4.31 Å². The molecule has 2 saturated heterocycles. The molecule has 2 aliphatic rings. The molecule has 86 valence electrons. The molecule has 0 bridgehead atoms. The fourth-order valence-corrected chi connectivity index (χ4v) is 3.01. The van der Waals surface area contributed by atoms with Crippen LogP contribution >= 0.6 is 0 Å². The summed E-state index contributed by atoms with van der Waals surface area (Å²) in [7, 11) is -3.28. The molecule has 0 aromatic heterocycles. The second-order valence-electron chi connectivity index (χ2n) is 4.08. The van der Waals surface area contributed by atoms with Gasteiger partial charge in [0.15, 0.2) is 0 Å².